The van der Waals surface area contributed by atoms with E-state index in [2.05, 4.69) is 32.3 Å². The van der Waals surface area contributed by atoms with E-state index in [1.54, 1.807) is 25.1 Å². The second-order valence-corrected chi connectivity index (χ2v) is 7.62. The van der Waals surface area contributed by atoms with Gasteiger partial charge in [-0.15, -0.1) is 0 Å². The van der Waals surface area contributed by atoms with Gasteiger partial charge in [0, 0.05) is 29.7 Å². The Bertz CT molecular complexity index is 783. The lowest BCUT2D eigenvalue weighted by atomic mass is 9.98. The molecule has 152 valence electrons. The van der Waals surface area contributed by atoms with Gasteiger partial charge >= 0.3 is 0 Å². The lowest BCUT2D eigenvalue weighted by Gasteiger charge is -2.34. The summed E-state index contributed by atoms with van der Waals surface area (Å²) in [5, 5.41) is 8.31. The van der Waals surface area contributed by atoms with Gasteiger partial charge < -0.3 is 19.5 Å². The molecule has 0 aliphatic carbocycles. The van der Waals surface area contributed by atoms with Crippen LogP contribution in [-0.4, -0.2) is 47.2 Å². The second kappa shape index (κ2) is 9.98. The van der Waals surface area contributed by atoms with Crippen molar-refractivity contribution in [2.45, 2.75) is 33.2 Å². The Morgan fingerprint density at radius 3 is 2.61 bits per heavy atom. The van der Waals surface area contributed by atoms with E-state index in [-0.39, 0.29) is 0 Å². The number of guanidine groups is 1. The summed E-state index contributed by atoms with van der Waals surface area (Å²) in [6.45, 7) is 7.52. The zero-order valence-corrected chi connectivity index (χ0v) is 17.6. The van der Waals surface area contributed by atoms with Crippen LogP contribution in [0.4, 0.5) is 0 Å². The van der Waals surface area contributed by atoms with Gasteiger partial charge in [-0.25, -0.2) is 4.99 Å². The average Bonchev–Trinajstić information content (AvgIpc) is 3.08. The van der Waals surface area contributed by atoms with Crippen molar-refractivity contribution < 1.29 is 9.26 Å². The van der Waals surface area contributed by atoms with Gasteiger partial charge in [-0.1, -0.05) is 28.4 Å². The number of ether oxygens (including phenoxy) is 1. The first-order chi connectivity index (χ1) is 13.5. The Morgan fingerprint density at radius 2 is 2.00 bits per heavy atom. The average molecular weight is 426 g/mol. The van der Waals surface area contributed by atoms with E-state index in [9.17, 15) is 0 Å². The van der Waals surface area contributed by atoms with Crippen molar-refractivity contribution in [2.75, 3.05) is 26.2 Å². The molecule has 2 heterocycles. The Balaban J connectivity index is 1.50. The molecule has 28 heavy (non-hydrogen) atoms. The SMILES string of the molecule is CCNC(=NCc1nc(C)no1)N1CCC(COc2cc(Cl)cc(Cl)c2)CC1. The van der Waals surface area contributed by atoms with Gasteiger partial charge in [0.05, 0.1) is 6.61 Å². The van der Waals surface area contributed by atoms with E-state index in [0.29, 0.717) is 46.6 Å². The number of nitrogens with zero attached hydrogens (tertiary/aromatic N) is 4. The molecule has 0 radical (unpaired) electrons. The summed E-state index contributed by atoms with van der Waals surface area (Å²) < 4.78 is 11.0. The van der Waals surface area contributed by atoms with Gasteiger partial charge in [-0.05, 0) is 50.8 Å². The van der Waals surface area contributed by atoms with Crippen LogP contribution in [0.3, 0.4) is 0 Å². The van der Waals surface area contributed by atoms with Gasteiger partial charge in [0.15, 0.2) is 11.8 Å². The summed E-state index contributed by atoms with van der Waals surface area (Å²) in [7, 11) is 0. The number of rotatable bonds is 6. The maximum atomic E-state index is 6.02. The Hall–Kier alpha value is -1.99. The number of aryl methyl sites for hydroxylation is 1. The molecule has 1 fully saturated rings. The largest absolute Gasteiger partial charge is 0.493 e. The summed E-state index contributed by atoms with van der Waals surface area (Å²) in [6.07, 6.45) is 2.05. The van der Waals surface area contributed by atoms with Crippen molar-refractivity contribution >= 4 is 29.2 Å². The van der Waals surface area contributed by atoms with Crippen LogP contribution in [-0.2, 0) is 6.54 Å². The summed E-state index contributed by atoms with van der Waals surface area (Å²) in [5.74, 6) is 3.22. The predicted molar refractivity (Wildman–Crippen MR) is 110 cm³/mol. The van der Waals surface area contributed by atoms with Crippen LogP contribution in [0.2, 0.25) is 10.0 Å². The molecular formula is C19H25Cl2N5O2. The fourth-order valence-corrected chi connectivity index (χ4v) is 3.62. The van der Waals surface area contributed by atoms with Crippen molar-refractivity contribution in [1.29, 1.82) is 0 Å². The number of halogens is 2. The van der Waals surface area contributed by atoms with Gasteiger partial charge in [-0.3, -0.25) is 0 Å². The maximum absolute atomic E-state index is 6.02. The molecule has 0 atom stereocenters. The van der Waals surface area contributed by atoms with E-state index in [4.69, 9.17) is 32.5 Å². The molecule has 0 spiro atoms. The normalized spacial score (nSPS) is 15.7. The number of piperidine rings is 1. The first kappa shape index (κ1) is 20.7. The van der Waals surface area contributed by atoms with E-state index in [1.807, 2.05) is 0 Å². The summed E-state index contributed by atoms with van der Waals surface area (Å²) >= 11 is 12.0. The number of aromatic nitrogens is 2. The highest BCUT2D eigenvalue weighted by atomic mass is 35.5. The molecule has 3 rings (SSSR count). The number of likely N-dealkylation sites (tertiary alicyclic amines) is 1. The highest BCUT2D eigenvalue weighted by Crippen LogP contribution is 2.26. The van der Waals surface area contributed by atoms with E-state index in [0.717, 1.165) is 38.4 Å². The number of hydrogen-bond acceptors (Lipinski definition) is 5. The molecule has 0 amide bonds. The van der Waals surface area contributed by atoms with Crippen LogP contribution in [0.15, 0.2) is 27.7 Å². The molecule has 0 bridgehead atoms. The first-order valence-electron chi connectivity index (χ1n) is 9.45. The van der Waals surface area contributed by atoms with E-state index < -0.39 is 0 Å². The lowest BCUT2D eigenvalue weighted by Crippen LogP contribution is -2.46. The highest BCUT2D eigenvalue weighted by Gasteiger charge is 2.22. The molecule has 0 saturated carbocycles. The fraction of sp³-hybridized carbons (Fsp3) is 0.526. The fourth-order valence-electron chi connectivity index (χ4n) is 3.11. The highest BCUT2D eigenvalue weighted by molar-refractivity contribution is 6.34. The molecule has 1 aromatic heterocycles. The Kier molecular flexibility index (Phi) is 7.39. The van der Waals surface area contributed by atoms with E-state index in [1.165, 1.54) is 0 Å². The zero-order valence-electron chi connectivity index (χ0n) is 16.1. The maximum Gasteiger partial charge on any atom is 0.248 e. The molecule has 9 heteroatoms. The molecule has 1 aromatic carbocycles. The Morgan fingerprint density at radius 1 is 1.29 bits per heavy atom. The second-order valence-electron chi connectivity index (χ2n) is 6.75. The van der Waals surface area contributed by atoms with E-state index >= 15 is 0 Å². The van der Waals surface area contributed by atoms with Gasteiger partial charge in [0.25, 0.3) is 0 Å². The lowest BCUT2D eigenvalue weighted by molar-refractivity contribution is 0.179. The quantitative estimate of drug-likeness (QED) is 0.557. The van der Waals surface area contributed by atoms with Crippen molar-refractivity contribution in [3.63, 3.8) is 0 Å². The number of hydrogen-bond donors (Lipinski definition) is 1. The van der Waals surface area contributed by atoms with Gasteiger partial charge in [0.1, 0.15) is 12.3 Å². The molecule has 0 unspecified atom stereocenters. The summed E-state index contributed by atoms with van der Waals surface area (Å²) in [4.78, 5) is 11.1. The number of aliphatic imine (C=N–C) groups is 1. The molecule has 7 nitrogen and oxygen atoms in total. The minimum Gasteiger partial charge on any atom is -0.493 e. The van der Waals surface area contributed by atoms with Gasteiger partial charge in [-0.2, -0.15) is 4.98 Å². The van der Waals surface area contributed by atoms with Crippen LogP contribution in [0.5, 0.6) is 5.75 Å². The minimum absolute atomic E-state index is 0.377. The molecule has 1 N–H and O–H groups in total. The third-order valence-corrected chi connectivity index (χ3v) is 4.94. The third kappa shape index (κ3) is 6.01. The van der Waals surface area contributed by atoms with Crippen molar-refractivity contribution in [3.05, 3.63) is 40.0 Å². The summed E-state index contributed by atoms with van der Waals surface area (Å²) in [6, 6.07) is 5.28. The summed E-state index contributed by atoms with van der Waals surface area (Å²) in [5.41, 5.74) is 0. The van der Waals surface area contributed by atoms with Crippen LogP contribution in [0.1, 0.15) is 31.5 Å². The van der Waals surface area contributed by atoms with Crippen molar-refractivity contribution in [3.8, 4) is 5.75 Å². The monoisotopic (exact) mass is 425 g/mol. The van der Waals surface area contributed by atoms with Crippen molar-refractivity contribution in [1.82, 2.24) is 20.4 Å². The van der Waals surface area contributed by atoms with Gasteiger partial charge in [0.2, 0.25) is 5.89 Å². The molecule has 2 aromatic rings. The molecule has 1 aliphatic heterocycles. The zero-order chi connectivity index (χ0) is 19.9. The standard InChI is InChI=1S/C19H25Cl2N5O2/c1-3-22-19(23-11-18-24-13(2)25-28-18)26-6-4-14(5-7-26)12-27-17-9-15(20)8-16(21)10-17/h8-10,14H,3-7,11-12H2,1-2H3,(H,22,23). The molecular weight excluding hydrogens is 401 g/mol. The first-order valence-corrected chi connectivity index (χ1v) is 10.2. The number of nitrogens with one attached hydrogen (secondary N) is 1. The van der Waals surface area contributed by atoms with Crippen molar-refractivity contribution in [2.24, 2.45) is 10.9 Å². The van der Waals surface area contributed by atoms with Crippen LogP contribution < -0.4 is 10.1 Å². The van der Waals surface area contributed by atoms with Crippen LogP contribution in [0, 0.1) is 12.8 Å². The topological polar surface area (TPSA) is 75.8 Å². The third-order valence-electron chi connectivity index (χ3n) is 4.50. The molecule has 1 aliphatic rings. The molecule has 1 saturated heterocycles. The minimum atomic E-state index is 0.377. The van der Waals surface area contributed by atoms with Crippen LogP contribution >= 0.6 is 23.2 Å². The Labute approximate surface area is 175 Å². The van der Waals surface area contributed by atoms with Crippen LogP contribution in [0.25, 0.3) is 0 Å². The smallest absolute Gasteiger partial charge is 0.248 e. The number of benzene rings is 1. The predicted octanol–water partition coefficient (Wildman–Crippen LogP) is 3.94.